The summed E-state index contributed by atoms with van der Waals surface area (Å²) in [5.74, 6) is -0.359. The molecule has 128 valence electrons. The lowest BCUT2D eigenvalue weighted by Gasteiger charge is -2.35. The normalized spacial score (nSPS) is 29.7. The first kappa shape index (κ1) is 19.1. The summed E-state index contributed by atoms with van der Waals surface area (Å²) in [5.41, 5.74) is -0.486. The molecule has 0 spiro atoms. The Morgan fingerprint density at radius 1 is 1.32 bits per heavy atom. The van der Waals surface area contributed by atoms with Crippen molar-refractivity contribution in [2.45, 2.75) is 77.2 Å². The van der Waals surface area contributed by atoms with Crippen molar-refractivity contribution in [3.05, 3.63) is 12.2 Å². The molecular weight excluding hydrogens is 288 g/mol. The number of hydrogen-bond donors (Lipinski definition) is 2. The Labute approximate surface area is 132 Å². The molecule has 1 heterocycles. The molecule has 4 atom stereocenters. The summed E-state index contributed by atoms with van der Waals surface area (Å²) in [7, 11) is 0. The van der Waals surface area contributed by atoms with Gasteiger partial charge in [0.05, 0.1) is 18.8 Å². The first-order valence-corrected chi connectivity index (χ1v) is 7.72. The van der Waals surface area contributed by atoms with E-state index in [1.807, 2.05) is 20.8 Å². The monoisotopic (exact) mass is 316 g/mol. The quantitative estimate of drug-likeness (QED) is 0.439. The maximum atomic E-state index is 11.4. The third-order valence-corrected chi connectivity index (χ3v) is 3.15. The summed E-state index contributed by atoms with van der Waals surface area (Å²) in [5, 5.41) is 19.3. The molecule has 2 N–H and O–H groups in total. The second-order valence-corrected chi connectivity index (χ2v) is 6.53. The van der Waals surface area contributed by atoms with Crippen molar-refractivity contribution in [1.82, 2.24) is 0 Å². The highest BCUT2D eigenvalue weighted by molar-refractivity contribution is 5.82. The number of carbonyl (C=O) groups excluding carboxylic acids is 1. The predicted octanol–water partition coefficient (Wildman–Crippen LogP) is 1.54. The topological polar surface area (TPSA) is 85.2 Å². The van der Waals surface area contributed by atoms with Crippen LogP contribution in [0.25, 0.3) is 0 Å². The van der Waals surface area contributed by atoms with Crippen molar-refractivity contribution in [1.29, 1.82) is 0 Å². The molecule has 1 saturated heterocycles. The van der Waals surface area contributed by atoms with Crippen molar-refractivity contribution in [2.75, 3.05) is 6.61 Å². The van der Waals surface area contributed by atoms with Crippen molar-refractivity contribution in [3.63, 3.8) is 0 Å². The molecule has 6 nitrogen and oxygen atoms in total. The van der Waals surface area contributed by atoms with Crippen molar-refractivity contribution < 1.29 is 29.2 Å². The van der Waals surface area contributed by atoms with Gasteiger partial charge in [-0.3, -0.25) is 0 Å². The molecule has 0 amide bonds. The van der Waals surface area contributed by atoms with E-state index in [1.165, 1.54) is 6.08 Å². The Bertz CT molecular complexity index is 373. The summed E-state index contributed by atoms with van der Waals surface area (Å²) in [4.78, 5) is 11.4. The fourth-order valence-corrected chi connectivity index (χ4v) is 2.01. The van der Waals surface area contributed by atoms with Crippen LogP contribution in [0.5, 0.6) is 0 Å². The van der Waals surface area contributed by atoms with Crippen LogP contribution < -0.4 is 0 Å². The van der Waals surface area contributed by atoms with Crippen LogP contribution in [0.2, 0.25) is 0 Å². The second-order valence-electron chi connectivity index (χ2n) is 6.53. The van der Waals surface area contributed by atoms with Crippen LogP contribution in [0.3, 0.4) is 0 Å². The minimum Gasteiger partial charge on any atom is -0.457 e. The summed E-state index contributed by atoms with van der Waals surface area (Å²) < 4.78 is 16.0. The number of hydrogen-bond acceptors (Lipinski definition) is 6. The van der Waals surface area contributed by atoms with Gasteiger partial charge in [-0.2, -0.15) is 0 Å². The van der Waals surface area contributed by atoms with Gasteiger partial charge in [-0.15, -0.1) is 0 Å². The molecule has 0 bridgehead atoms. The Morgan fingerprint density at radius 2 is 2.00 bits per heavy atom. The number of aliphatic hydroxyl groups is 2. The van der Waals surface area contributed by atoms with E-state index in [9.17, 15) is 15.0 Å². The van der Waals surface area contributed by atoms with Crippen molar-refractivity contribution in [2.24, 2.45) is 0 Å². The van der Waals surface area contributed by atoms with Crippen LogP contribution >= 0.6 is 0 Å². The van der Waals surface area contributed by atoms with Crippen LogP contribution in [0, 0.1) is 0 Å². The van der Waals surface area contributed by atoms with Crippen LogP contribution in [0.15, 0.2) is 12.2 Å². The maximum absolute atomic E-state index is 11.4. The van der Waals surface area contributed by atoms with Crippen LogP contribution in [-0.2, 0) is 19.0 Å². The van der Waals surface area contributed by atoms with E-state index in [1.54, 1.807) is 13.0 Å². The van der Waals surface area contributed by atoms with Gasteiger partial charge in [-0.25, -0.2) is 4.79 Å². The number of aliphatic hydroxyl groups excluding tert-OH is 2. The molecule has 1 fully saturated rings. The molecule has 0 aromatic heterocycles. The zero-order valence-corrected chi connectivity index (χ0v) is 13.8. The van der Waals surface area contributed by atoms with E-state index < -0.39 is 24.1 Å². The van der Waals surface area contributed by atoms with Gasteiger partial charge in [-0.05, 0) is 40.5 Å². The Kier molecular flexibility index (Phi) is 7.48. The SMILES string of the molecule is CC1O[C@@H](OCCC/C=C/C(=O)OC(C)(C)C)[C@H](O)C[C@H]1O. The number of allylic oxidation sites excluding steroid dienone is 1. The molecule has 1 rings (SSSR count). The van der Waals surface area contributed by atoms with E-state index >= 15 is 0 Å². The standard InChI is InChI=1S/C16H28O6/c1-11-12(17)10-13(18)15(21-11)20-9-7-5-6-8-14(19)22-16(2,3)4/h6,8,11-13,15,17-18H,5,7,9-10H2,1-4H3/b8-6+/t11?,12-,13-,15-/m1/s1. The van der Waals surface area contributed by atoms with E-state index in [2.05, 4.69) is 0 Å². The fourth-order valence-electron chi connectivity index (χ4n) is 2.01. The average molecular weight is 316 g/mol. The zero-order chi connectivity index (χ0) is 16.8. The van der Waals surface area contributed by atoms with Gasteiger partial charge in [0.2, 0.25) is 0 Å². The number of carbonyl (C=O) groups is 1. The lowest BCUT2D eigenvalue weighted by Crippen LogP contribution is -2.47. The molecule has 6 heteroatoms. The van der Waals surface area contributed by atoms with Crippen molar-refractivity contribution in [3.8, 4) is 0 Å². The van der Waals surface area contributed by atoms with Gasteiger partial charge >= 0.3 is 5.97 Å². The highest BCUT2D eigenvalue weighted by Gasteiger charge is 2.34. The minimum atomic E-state index is -0.816. The largest absolute Gasteiger partial charge is 0.457 e. The molecule has 0 saturated carbocycles. The first-order chi connectivity index (χ1) is 10.2. The zero-order valence-electron chi connectivity index (χ0n) is 13.8. The molecule has 0 aromatic rings. The lowest BCUT2D eigenvalue weighted by atomic mass is 10.0. The van der Waals surface area contributed by atoms with Gasteiger partial charge in [0.15, 0.2) is 6.29 Å². The molecule has 0 aliphatic carbocycles. The lowest BCUT2D eigenvalue weighted by molar-refractivity contribution is -0.260. The summed E-state index contributed by atoms with van der Waals surface area (Å²) in [6.07, 6.45) is 2.24. The average Bonchev–Trinajstić information content (AvgIpc) is 2.37. The Balaban J connectivity index is 2.16. The van der Waals surface area contributed by atoms with E-state index in [0.717, 1.165) is 0 Å². The van der Waals surface area contributed by atoms with E-state index in [4.69, 9.17) is 14.2 Å². The number of ether oxygens (including phenoxy) is 3. The number of unbranched alkanes of at least 4 members (excludes halogenated alkanes) is 1. The van der Waals surface area contributed by atoms with Crippen LogP contribution in [-0.4, -0.2) is 53.0 Å². The van der Waals surface area contributed by atoms with Gasteiger partial charge < -0.3 is 24.4 Å². The number of rotatable bonds is 6. The van der Waals surface area contributed by atoms with Crippen LogP contribution in [0.4, 0.5) is 0 Å². The first-order valence-electron chi connectivity index (χ1n) is 7.72. The molecular formula is C16H28O6. The molecule has 1 unspecified atom stereocenters. The van der Waals surface area contributed by atoms with Gasteiger partial charge in [0.25, 0.3) is 0 Å². The molecule has 1 aliphatic rings. The van der Waals surface area contributed by atoms with E-state index in [-0.39, 0.29) is 18.5 Å². The molecule has 22 heavy (non-hydrogen) atoms. The fraction of sp³-hybridized carbons (Fsp3) is 0.812. The predicted molar refractivity (Wildman–Crippen MR) is 81.1 cm³/mol. The number of esters is 1. The van der Waals surface area contributed by atoms with Gasteiger partial charge in [0.1, 0.15) is 11.7 Å². The highest BCUT2D eigenvalue weighted by Crippen LogP contribution is 2.21. The maximum Gasteiger partial charge on any atom is 0.330 e. The molecule has 0 radical (unpaired) electrons. The second kappa shape index (κ2) is 8.62. The smallest absolute Gasteiger partial charge is 0.330 e. The van der Waals surface area contributed by atoms with Gasteiger partial charge in [-0.1, -0.05) is 6.08 Å². The third-order valence-electron chi connectivity index (χ3n) is 3.15. The molecule has 1 aliphatic heterocycles. The third kappa shape index (κ3) is 7.35. The summed E-state index contributed by atoms with van der Waals surface area (Å²) in [6, 6.07) is 0. The molecule has 0 aromatic carbocycles. The van der Waals surface area contributed by atoms with Gasteiger partial charge in [0, 0.05) is 12.5 Å². The van der Waals surface area contributed by atoms with Crippen molar-refractivity contribution >= 4 is 5.97 Å². The Morgan fingerprint density at radius 3 is 2.64 bits per heavy atom. The van der Waals surface area contributed by atoms with Crippen LogP contribution in [0.1, 0.15) is 47.0 Å². The van der Waals surface area contributed by atoms with E-state index in [0.29, 0.717) is 19.4 Å². The Hall–Kier alpha value is -0.950. The minimum absolute atomic E-state index is 0.254. The highest BCUT2D eigenvalue weighted by atomic mass is 16.7. The summed E-state index contributed by atoms with van der Waals surface area (Å²) in [6.45, 7) is 7.61. The summed E-state index contributed by atoms with van der Waals surface area (Å²) >= 11 is 0.